The lowest BCUT2D eigenvalue weighted by atomic mass is 9.87. The number of benzene rings is 1. The number of nitrogens with zero attached hydrogens (tertiary/aromatic N) is 3. The minimum absolute atomic E-state index is 0.104. The lowest BCUT2D eigenvalue weighted by Crippen LogP contribution is -2.37. The molecule has 3 aliphatic rings. The number of anilines is 1. The Kier molecular flexibility index (Phi) is 5.16. The summed E-state index contributed by atoms with van der Waals surface area (Å²) in [4.78, 5) is 13.0. The summed E-state index contributed by atoms with van der Waals surface area (Å²) < 4.78 is 56.0. The van der Waals surface area contributed by atoms with Crippen LogP contribution in [0.5, 0.6) is 0 Å². The molecule has 36 heavy (non-hydrogen) atoms. The van der Waals surface area contributed by atoms with Gasteiger partial charge in [0.25, 0.3) is 11.8 Å². The van der Waals surface area contributed by atoms with Crippen molar-refractivity contribution in [1.82, 2.24) is 20.0 Å². The normalized spacial score (nSPS) is 28.5. The Balaban J connectivity index is 1.26. The smallest absolute Gasteiger partial charge is 0.276 e. The number of hydrogen-bond donors (Lipinski definition) is 2. The summed E-state index contributed by atoms with van der Waals surface area (Å²) in [5, 5.41) is 13.5. The van der Waals surface area contributed by atoms with Crippen LogP contribution in [-0.2, 0) is 22.7 Å². The zero-order chi connectivity index (χ0) is 25.3. The molecule has 2 aromatic heterocycles. The third-order valence-corrected chi connectivity index (χ3v) is 10.5. The molecule has 1 aliphatic heterocycles. The summed E-state index contributed by atoms with van der Waals surface area (Å²) in [5.41, 5.74) is 1.35. The van der Waals surface area contributed by atoms with E-state index in [1.54, 1.807) is 17.8 Å². The van der Waals surface area contributed by atoms with E-state index in [1.165, 1.54) is 6.20 Å². The maximum Gasteiger partial charge on any atom is 0.276 e. The number of rotatable bonds is 5. The fraction of sp³-hybridized carbons (Fsp3) is 0.480. The van der Waals surface area contributed by atoms with Crippen molar-refractivity contribution in [2.45, 2.75) is 56.2 Å². The zero-order valence-corrected chi connectivity index (χ0v) is 20.6. The van der Waals surface area contributed by atoms with Crippen LogP contribution < -0.4 is 5.32 Å². The van der Waals surface area contributed by atoms with Crippen LogP contribution in [0.25, 0.3) is 0 Å². The number of alkyl halides is 2. The summed E-state index contributed by atoms with van der Waals surface area (Å²) >= 11 is 0. The van der Waals surface area contributed by atoms with Crippen molar-refractivity contribution < 1.29 is 22.0 Å². The molecule has 4 atom stereocenters. The van der Waals surface area contributed by atoms with Gasteiger partial charge in [0.2, 0.25) is 0 Å². The topological polar surface area (TPSA) is 110 Å². The number of aromatic nitrogens is 4. The zero-order valence-electron chi connectivity index (χ0n) is 19.7. The fourth-order valence-electron chi connectivity index (χ4n) is 6.06. The molecule has 3 heterocycles. The standard InChI is InChI=1S/C25H27F2N5O3S/c1-24-12-18-17(11-20(24)25(24,26)27)21(31-30-18)23(33)29-16-13-28-32(14-16)22(15-7-3-2-4-8-15)19-9-5-6-10-36(19,34)35/h2-4,7-8,13-14,19-20,22H,5-6,9-12H2,1H3,(H,29,33)(H,30,31)/t19-,20-,22-,24+/m0/s1. The Morgan fingerprint density at radius 2 is 2.03 bits per heavy atom. The molecule has 1 amide bonds. The molecule has 2 N–H and O–H groups in total. The van der Waals surface area contributed by atoms with Crippen molar-refractivity contribution >= 4 is 21.4 Å². The fourth-order valence-corrected chi connectivity index (χ4v) is 8.17. The van der Waals surface area contributed by atoms with Gasteiger partial charge < -0.3 is 5.32 Å². The van der Waals surface area contributed by atoms with Gasteiger partial charge in [-0.2, -0.15) is 10.2 Å². The van der Waals surface area contributed by atoms with Crippen LogP contribution in [0.4, 0.5) is 14.5 Å². The molecule has 0 bridgehead atoms. The van der Waals surface area contributed by atoms with E-state index in [4.69, 9.17) is 0 Å². The molecule has 8 nitrogen and oxygen atoms in total. The average Bonchev–Trinajstić information content (AvgIpc) is 3.26. The molecule has 0 unspecified atom stereocenters. The molecule has 0 radical (unpaired) electrons. The van der Waals surface area contributed by atoms with E-state index in [-0.39, 0.29) is 24.3 Å². The molecule has 2 fully saturated rings. The first-order valence-corrected chi connectivity index (χ1v) is 13.9. The van der Waals surface area contributed by atoms with Crippen molar-refractivity contribution in [1.29, 1.82) is 0 Å². The van der Waals surface area contributed by atoms with E-state index in [1.807, 2.05) is 30.3 Å². The van der Waals surface area contributed by atoms with Crippen LogP contribution in [0.2, 0.25) is 0 Å². The van der Waals surface area contributed by atoms with Crippen LogP contribution in [-0.4, -0.2) is 51.2 Å². The Bertz CT molecular complexity index is 1430. The quantitative estimate of drug-likeness (QED) is 0.537. The maximum absolute atomic E-state index is 14.2. The molecule has 1 saturated carbocycles. The number of sulfone groups is 1. The van der Waals surface area contributed by atoms with Gasteiger partial charge >= 0.3 is 0 Å². The van der Waals surface area contributed by atoms with Gasteiger partial charge in [-0.15, -0.1) is 0 Å². The number of halogens is 2. The van der Waals surface area contributed by atoms with E-state index in [9.17, 15) is 22.0 Å². The van der Waals surface area contributed by atoms with E-state index in [0.29, 0.717) is 29.8 Å². The second-order valence-corrected chi connectivity index (χ2v) is 12.8. The molecule has 11 heteroatoms. The summed E-state index contributed by atoms with van der Waals surface area (Å²) in [6, 6.07) is 8.82. The molecular weight excluding hydrogens is 488 g/mol. The predicted molar refractivity (Wildman–Crippen MR) is 129 cm³/mol. The average molecular weight is 516 g/mol. The lowest BCUT2D eigenvalue weighted by molar-refractivity contribution is 0.0630. The van der Waals surface area contributed by atoms with Crippen molar-refractivity contribution in [3.8, 4) is 0 Å². The largest absolute Gasteiger partial charge is 0.318 e. The highest BCUT2D eigenvalue weighted by Gasteiger charge is 2.78. The molecule has 6 rings (SSSR count). The number of aromatic amines is 1. The van der Waals surface area contributed by atoms with Gasteiger partial charge in [0, 0.05) is 35.2 Å². The third-order valence-electron chi connectivity index (χ3n) is 8.27. The van der Waals surface area contributed by atoms with Crippen LogP contribution >= 0.6 is 0 Å². The van der Waals surface area contributed by atoms with Gasteiger partial charge in [0.15, 0.2) is 15.5 Å². The van der Waals surface area contributed by atoms with Gasteiger partial charge in [0.05, 0.1) is 28.9 Å². The Morgan fingerprint density at radius 3 is 2.78 bits per heavy atom. The number of hydrogen-bond acceptors (Lipinski definition) is 5. The minimum atomic E-state index is -3.32. The number of carbonyl (C=O) groups excluding carboxylic acids is 1. The van der Waals surface area contributed by atoms with Crippen molar-refractivity contribution in [3.63, 3.8) is 0 Å². The van der Waals surface area contributed by atoms with Gasteiger partial charge in [-0.1, -0.05) is 43.7 Å². The first-order chi connectivity index (χ1) is 17.1. The second kappa shape index (κ2) is 7.96. The highest BCUT2D eigenvalue weighted by atomic mass is 32.2. The summed E-state index contributed by atoms with van der Waals surface area (Å²) in [7, 11) is -3.32. The molecular formula is C25H27F2N5O3S. The first-order valence-electron chi connectivity index (χ1n) is 12.2. The van der Waals surface area contributed by atoms with Crippen molar-refractivity contribution in [2.75, 3.05) is 11.1 Å². The van der Waals surface area contributed by atoms with Gasteiger partial charge in [0.1, 0.15) is 0 Å². The van der Waals surface area contributed by atoms with E-state index < -0.39 is 44.3 Å². The lowest BCUT2D eigenvalue weighted by Gasteiger charge is -2.30. The SMILES string of the molecule is C[C@@]12Cc3[nH]nc(C(=O)Nc4cnn([C@@H](c5ccccc5)[C@@H]5CCCCS5(=O)=O)c4)c3C[C@@H]1C2(F)F. The van der Waals surface area contributed by atoms with Crippen LogP contribution in [0.15, 0.2) is 42.7 Å². The van der Waals surface area contributed by atoms with Gasteiger partial charge in [-0.25, -0.2) is 17.2 Å². The summed E-state index contributed by atoms with van der Waals surface area (Å²) in [5.74, 6) is -3.89. The van der Waals surface area contributed by atoms with Crippen molar-refractivity contribution in [3.05, 3.63) is 65.2 Å². The number of carbonyl (C=O) groups is 1. The predicted octanol–water partition coefficient (Wildman–Crippen LogP) is 3.79. The van der Waals surface area contributed by atoms with E-state index in [2.05, 4.69) is 20.6 Å². The highest BCUT2D eigenvalue weighted by Crippen LogP contribution is 2.70. The summed E-state index contributed by atoms with van der Waals surface area (Å²) in [6.07, 6.45) is 5.36. The number of amides is 1. The van der Waals surface area contributed by atoms with Crippen LogP contribution in [0.3, 0.4) is 0 Å². The molecule has 0 spiro atoms. The number of fused-ring (bicyclic) bond motifs is 2. The molecule has 3 aromatic rings. The molecule has 190 valence electrons. The number of nitrogens with one attached hydrogen (secondary N) is 2. The van der Waals surface area contributed by atoms with Crippen molar-refractivity contribution in [2.24, 2.45) is 11.3 Å². The van der Waals surface area contributed by atoms with Crippen LogP contribution in [0, 0.1) is 11.3 Å². The highest BCUT2D eigenvalue weighted by molar-refractivity contribution is 7.92. The van der Waals surface area contributed by atoms with Crippen LogP contribution in [0.1, 0.15) is 59.5 Å². The molecule has 1 saturated heterocycles. The Morgan fingerprint density at radius 1 is 1.25 bits per heavy atom. The first kappa shape index (κ1) is 23.3. The van der Waals surface area contributed by atoms with Gasteiger partial charge in [-0.3, -0.25) is 14.6 Å². The number of H-pyrrole nitrogens is 1. The van der Waals surface area contributed by atoms with E-state index in [0.717, 1.165) is 12.0 Å². The van der Waals surface area contributed by atoms with E-state index >= 15 is 0 Å². The monoisotopic (exact) mass is 515 g/mol. The Labute approximate surface area is 207 Å². The third kappa shape index (κ3) is 3.50. The minimum Gasteiger partial charge on any atom is -0.318 e. The summed E-state index contributed by atoms with van der Waals surface area (Å²) in [6.45, 7) is 1.57. The second-order valence-electron chi connectivity index (χ2n) is 10.4. The maximum atomic E-state index is 14.2. The molecule has 1 aromatic carbocycles. The Hall–Kier alpha value is -3.08. The molecule has 2 aliphatic carbocycles. The van der Waals surface area contributed by atoms with Gasteiger partial charge in [-0.05, 0) is 24.8 Å².